The number of hydrogen-bond acceptors (Lipinski definition) is 4. The molecule has 93 heavy (non-hydrogen) atoms. The first-order valence-electron chi connectivity index (χ1n) is 31.3. The van der Waals surface area contributed by atoms with Crippen molar-refractivity contribution < 1.29 is 0 Å². The summed E-state index contributed by atoms with van der Waals surface area (Å²) in [6.07, 6.45) is 0. The first-order chi connectivity index (χ1) is 46.1. The molecular weight excluding hydrogens is 1160 g/mol. The summed E-state index contributed by atoms with van der Waals surface area (Å²) in [5.41, 5.74) is 19.0. The molecule has 8 nitrogen and oxygen atoms in total. The first-order valence-corrected chi connectivity index (χ1v) is 31.7. The normalized spacial score (nSPS) is 12.1. The zero-order valence-corrected chi connectivity index (χ0v) is 50.4. The zero-order chi connectivity index (χ0) is 61.0. The number of benzene rings is 14. The number of hydrogen-bond donors (Lipinski definition) is 1. The van der Waals surface area contributed by atoms with Crippen molar-refractivity contribution in [3.05, 3.63) is 296 Å². The van der Waals surface area contributed by atoms with E-state index in [9.17, 15) is 0 Å². The number of H-pyrrole nitrogens is 1. The molecule has 0 aliphatic heterocycles. The average Bonchev–Trinajstić information content (AvgIpc) is 1.55. The second-order valence-electron chi connectivity index (χ2n) is 24.1. The van der Waals surface area contributed by atoms with Gasteiger partial charge in [0.25, 0.3) is 0 Å². The summed E-state index contributed by atoms with van der Waals surface area (Å²) in [7, 11) is 0. The summed E-state index contributed by atoms with van der Waals surface area (Å²) >= 11 is 6.32. The van der Waals surface area contributed by atoms with Crippen LogP contribution in [0, 0.1) is 6.07 Å². The lowest BCUT2D eigenvalue weighted by Crippen LogP contribution is -2.04. The molecule has 8 aromatic heterocycles. The number of para-hydroxylation sites is 4. The Labute approximate surface area is 534 Å². The number of halogens is 1. The molecular formula is C84H48ClN8+. The SMILES string of the molecule is Clc1nc2ccc3ccccc3c2nc1-c1ccccc1.[c+]1ccc2c3cccc4c5ccccc5n(c5cccc6[nH]c1c2c65)c34.c1ccc(-c2nc3c(ccc4ccccc43)nc2-n2c3cccc4c5cccc6c7ccccc7n(c7cccc2c7c43)c56)cc1. The molecule has 8 heterocycles. The van der Waals surface area contributed by atoms with E-state index in [1.165, 1.54) is 103 Å². The number of aromatic nitrogens is 8. The van der Waals surface area contributed by atoms with Gasteiger partial charge in [-0.25, -0.2) is 19.9 Å². The van der Waals surface area contributed by atoms with E-state index in [2.05, 4.69) is 254 Å². The highest BCUT2D eigenvalue weighted by Gasteiger charge is 2.27. The highest BCUT2D eigenvalue weighted by molar-refractivity contribution is 6.34. The van der Waals surface area contributed by atoms with Crippen LogP contribution in [-0.2, 0) is 0 Å². The predicted molar refractivity (Wildman–Crippen MR) is 388 cm³/mol. The molecule has 22 rings (SSSR count). The summed E-state index contributed by atoms with van der Waals surface area (Å²) < 4.78 is 7.26. The molecule has 0 bridgehead atoms. The lowest BCUT2D eigenvalue weighted by molar-refractivity contribution is 1.08. The van der Waals surface area contributed by atoms with Gasteiger partial charge in [0, 0.05) is 65.0 Å². The van der Waals surface area contributed by atoms with Gasteiger partial charge >= 0.3 is 0 Å². The van der Waals surface area contributed by atoms with Crippen molar-refractivity contribution in [3.8, 4) is 28.3 Å². The van der Waals surface area contributed by atoms with Gasteiger partial charge in [0.15, 0.2) is 11.0 Å². The standard InChI is InChI=1S/C42H24N4.C24H13N2.C18H11ClN2/c1-2-12-26(13-3-1)39-42(43-32-24-23-25-11-4-5-14-27(25)40(32)44-39)46-34-20-9-16-29-31-18-8-17-30-28-15-6-7-19-33(28)45(41(30)31)35-21-10-22-36(46)38(35)37(29)34;1-2-12-20-14(6-1)16-8-3-9-17-15-7-4-10-18-22(15)23-19(25-18)11-5-13-21(23)26(20)24(16)17;19-18-16(13-7-2-1-3-8-13)21-17-14-9-5-4-6-12(14)10-11-15(17)20-18/h1-24H;1-9,11-13,25H;1-11H/q;+1;. The fourth-order valence-electron chi connectivity index (χ4n) is 15.3. The van der Waals surface area contributed by atoms with Crippen LogP contribution in [0.2, 0.25) is 5.15 Å². The molecule has 0 radical (unpaired) electrons. The number of fused-ring (bicyclic) bond motifs is 16. The summed E-state index contributed by atoms with van der Waals surface area (Å²) in [6.45, 7) is 0. The largest absolute Gasteiger partial charge is 0.324 e. The summed E-state index contributed by atoms with van der Waals surface area (Å²) in [4.78, 5) is 23.7. The maximum absolute atomic E-state index is 6.32. The quantitative estimate of drug-likeness (QED) is 0.141. The fourth-order valence-corrected chi connectivity index (χ4v) is 15.5. The molecule has 9 heteroatoms. The van der Waals surface area contributed by atoms with E-state index in [0.717, 1.165) is 88.5 Å². The summed E-state index contributed by atoms with van der Waals surface area (Å²) in [6, 6.07) is 104. The maximum Gasteiger partial charge on any atom is 0.216 e. The summed E-state index contributed by atoms with van der Waals surface area (Å²) in [5.74, 6) is 0.833. The molecule has 430 valence electrons. The van der Waals surface area contributed by atoms with E-state index in [0.29, 0.717) is 5.15 Å². The number of aromatic amines is 1. The van der Waals surface area contributed by atoms with Crippen LogP contribution < -0.4 is 0 Å². The topological polar surface area (TPSA) is 81.1 Å². The molecule has 0 saturated carbocycles. The van der Waals surface area contributed by atoms with Crippen LogP contribution in [0.4, 0.5) is 0 Å². The van der Waals surface area contributed by atoms with E-state index in [1.807, 2.05) is 60.7 Å². The molecule has 0 atom stereocenters. The van der Waals surface area contributed by atoms with E-state index in [1.54, 1.807) is 0 Å². The molecule has 0 amide bonds. The van der Waals surface area contributed by atoms with Crippen molar-refractivity contribution in [1.29, 1.82) is 0 Å². The van der Waals surface area contributed by atoms with Crippen molar-refractivity contribution in [2.24, 2.45) is 0 Å². The van der Waals surface area contributed by atoms with Gasteiger partial charge < -0.3 is 13.8 Å². The van der Waals surface area contributed by atoms with Gasteiger partial charge in [-0.2, -0.15) is 0 Å². The third-order valence-corrected chi connectivity index (χ3v) is 19.4. The molecule has 0 fully saturated rings. The molecule has 0 saturated heterocycles. The Morgan fingerprint density at radius 2 is 0.753 bits per heavy atom. The van der Waals surface area contributed by atoms with Crippen molar-refractivity contribution in [1.82, 2.24) is 38.3 Å². The van der Waals surface area contributed by atoms with Crippen LogP contribution in [0.15, 0.2) is 285 Å². The number of nitrogens with zero attached hydrogens (tertiary/aromatic N) is 7. The van der Waals surface area contributed by atoms with E-state index >= 15 is 0 Å². The fraction of sp³-hybridized carbons (Fsp3) is 0. The second-order valence-corrected chi connectivity index (χ2v) is 24.4. The zero-order valence-electron chi connectivity index (χ0n) is 49.6. The van der Waals surface area contributed by atoms with E-state index in [-0.39, 0.29) is 0 Å². The van der Waals surface area contributed by atoms with Gasteiger partial charge in [-0.1, -0.05) is 224 Å². The third kappa shape index (κ3) is 7.47. The van der Waals surface area contributed by atoms with Gasteiger partial charge in [0.05, 0.1) is 89.2 Å². The minimum atomic E-state index is 0.434. The lowest BCUT2D eigenvalue weighted by Gasteiger charge is -2.15. The van der Waals surface area contributed by atoms with Crippen LogP contribution in [-0.4, -0.2) is 38.3 Å². The van der Waals surface area contributed by atoms with Gasteiger partial charge in [0.1, 0.15) is 28.2 Å². The van der Waals surface area contributed by atoms with Gasteiger partial charge in [0.2, 0.25) is 5.52 Å². The Balaban J connectivity index is 0.000000107. The molecule has 22 aromatic rings. The Morgan fingerprint density at radius 1 is 0.312 bits per heavy atom. The second kappa shape index (κ2) is 19.8. The van der Waals surface area contributed by atoms with Crippen LogP contribution in [0.5, 0.6) is 0 Å². The van der Waals surface area contributed by atoms with Gasteiger partial charge in [-0.15, -0.1) is 0 Å². The Hall–Kier alpha value is -12.3. The highest BCUT2D eigenvalue weighted by Crippen LogP contribution is 2.46. The smallest absolute Gasteiger partial charge is 0.216 e. The maximum atomic E-state index is 6.32. The molecule has 1 N–H and O–H groups in total. The van der Waals surface area contributed by atoms with Crippen molar-refractivity contribution >= 4 is 175 Å². The van der Waals surface area contributed by atoms with Crippen molar-refractivity contribution in [3.63, 3.8) is 0 Å². The van der Waals surface area contributed by atoms with Crippen LogP contribution in [0.25, 0.3) is 192 Å². The van der Waals surface area contributed by atoms with Crippen molar-refractivity contribution in [2.45, 2.75) is 0 Å². The predicted octanol–water partition coefficient (Wildman–Crippen LogP) is 22.1. The van der Waals surface area contributed by atoms with Crippen LogP contribution in [0.1, 0.15) is 0 Å². The van der Waals surface area contributed by atoms with E-state index in [4.69, 9.17) is 26.6 Å². The minimum absolute atomic E-state index is 0.434. The first kappa shape index (κ1) is 51.6. The molecule has 0 aliphatic rings. The lowest BCUT2D eigenvalue weighted by atomic mass is 10.0. The Morgan fingerprint density at radius 3 is 1.39 bits per heavy atom. The van der Waals surface area contributed by atoms with Gasteiger partial charge in [-0.05, 0) is 76.8 Å². The van der Waals surface area contributed by atoms with E-state index < -0.39 is 0 Å². The number of nitrogens with one attached hydrogen (secondary N) is 1. The molecule has 0 unspecified atom stereocenters. The minimum Gasteiger partial charge on any atom is -0.324 e. The molecule has 0 aliphatic carbocycles. The average molecular weight is 1200 g/mol. The van der Waals surface area contributed by atoms with Gasteiger partial charge in [-0.3, -0.25) is 4.57 Å². The highest BCUT2D eigenvalue weighted by atomic mass is 35.5. The monoisotopic (exact) mass is 1200 g/mol. The number of rotatable bonds is 3. The van der Waals surface area contributed by atoms with Crippen LogP contribution >= 0.6 is 11.6 Å². The van der Waals surface area contributed by atoms with Crippen molar-refractivity contribution in [2.75, 3.05) is 0 Å². The summed E-state index contributed by atoms with van der Waals surface area (Å²) in [5, 5.41) is 20.2. The third-order valence-electron chi connectivity index (χ3n) is 19.2. The molecule has 0 spiro atoms. The molecule has 14 aromatic carbocycles. The van der Waals surface area contributed by atoms with Crippen LogP contribution in [0.3, 0.4) is 0 Å². The Bertz CT molecular complexity index is 6820. The Kier molecular flexibility index (Phi) is 11.0.